The predicted octanol–water partition coefficient (Wildman–Crippen LogP) is 3.92. The van der Waals surface area contributed by atoms with E-state index >= 15 is 0 Å². The lowest BCUT2D eigenvalue weighted by Crippen LogP contribution is -2.20. The van der Waals surface area contributed by atoms with Crippen LogP contribution in [0.3, 0.4) is 0 Å². The van der Waals surface area contributed by atoms with Gasteiger partial charge in [0.1, 0.15) is 11.6 Å². The van der Waals surface area contributed by atoms with Gasteiger partial charge >= 0.3 is 0 Å². The van der Waals surface area contributed by atoms with Crippen molar-refractivity contribution in [1.29, 1.82) is 0 Å². The number of nitrogens with zero attached hydrogens (tertiary/aromatic N) is 5. The second-order valence-corrected chi connectivity index (χ2v) is 6.77. The highest BCUT2D eigenvalue weighted by Crippen LogP contribution is 2.32. The Kier molecular flexibility index (Phi) is 3.81. The number of aromatic nitrogens is 4. The Balaban J connectivity index is 1.54. The Labute approximate surface area is 156 Å². The lowest BCUT2D eigenvalue weighted by atomic mass is 10.0. The number of halogens is 1. The van der Waals surface area contributed by atoms with Crippen molar-refractivity contribution in [3.05, 3.63) is 78.6 Å². The van der Waals surface area contributed by atoms with E-state index in [2.05, 4.69) is 30.3 Å². The fourth-order valence-corrected chi connectivity index (χ4v) is 3.84. The van der Waals surface area contributed by atoms with Crippen molar-refractivity contribution in [2.75, 3.05) is 18.0 Å². The van der Waals surface area contributed by atoms with Gasteiger partial charge in [0.05, 0.1) is 11.9 Å². The summed E-state index contributed by atoms with van der Waals surface area (Å²) in [5.41, 5.74) is 3.04. The molecule has 5 rings (SSSR count). The SMILES string of the molecule is Fc1ccc(-c2cnc3nccc([C@@H]4CCN(c5ccccn5)C4)n23)cc1. The van der Waals surface area contributed by atoms with E-state index in [1.807, 2.05) is 36.8 Å². The van der Waals surface area contributed by atoms with E-state index in [0.29, 0.717) is 11.7 Å². The summed E-state index contributed by atoms with van der Waals surface area (Å²) in [6, 6.07) is 14.6. The zero-order valence-corrected chi connectivity index (χ0v) is 14.7. The summed E-state index contributed by atoms with van der Waals surface area (Å²) in [5.74, 6) is 1.79. The molecule has 1 atom stereocenters. The van der Waals surface area contributed by atoms with Gasteiger partial charge in [0.25, 0.3) is 0 Å². The number of rotatable bonds is 3. The van der Waals surface area contributed by atoms with Crippen molar-refractivity contribution in [2.45, 2.75) is 12.3 Å². The molecule has 1 fully saturated rings. The van der Waals surface area contributed by atoms with Crippen molar-refractivity contribution >= 4 is 11.6 Å². The molecule has 1 aliphatic rings. The topological polar surface area (TPSA) is 46.3 Å². The molecule has 0 bridgehead atoms. The molecule has 3 aromatic heterocycles. The van der Waals surface area contributed by atoms with E-state index in [4.69, 9.17) is 0 Å². The smallest absolute Gasteiger partial charge is 0.234 e. The van der Waals surface area contributed by atoms with Gasteiger partial charge in [0, 0.05) is 42.7 Å². The van der Waals surface area contributed by atoms with Crippen LogP contribution in [0, 0.1) is 5.82 Å². The third-order valence-corrected chi connectivity index (χ3v) is 5.16. The lowest BCUT2D eigenvalue weighted by molar-refractivity contribution is 0.628. The Hall–Kier alpha value is -3.28. The highest BCUT2D eigenvalue weighted by atomic mass is 19.1. The van der Waals surface area contributed by atoms with Crippen molar-refractivity contribution in [3.8, 4) is 11.3 Å². The van der Waals surface area contributed by atoms with Crippen LogP contribution in [0.25, 0.3) is 17.0 Å². The van der Waals surface area contributed by atoms with Gasteiger partial charge in [-0.25, -0.2) is 19.3 Å². The minimum absolute atomic E-state index is 0.243. The summed E-state index contributed by atoms with van der Waals surface area (Å²) in [6.45, 7) is 1.86. The van der Waals surface area contributed by atoms with Gasteiger partial charge in [-0.05, 0) is 48.9 Å². The molecular formula is C21H18FN5. The van der Waals surface area contributed by atoms with Crippen molar-refractivity contribution < 1.29 is 4.39 Å². The van der Waals surface area contributed by atoms with E-state index in [1.165, 1.54) is 17.8 Å². The van der Waals surface area contributed by atoms with Crippen molar-refractivity contribution in [3.63, 3.8) is 0 Å². The van der Waals surface area contributed by atoms with Gasteiger partial charge < -0.3 is 4.90 Å². The number of hydrogen-bond donors (Lipinski definition) is 0. The van der Waals surface area contributed by atoms with Crippen LogP contribution in [0.5, 0.6) is 0 Å². The van der Waals surface area contributed by atoms with Crippen molar-refractivity contribution in [2.24, 2.45) is 0 Å². The summed E-state index contributed by atoms with van der Waals surface area (Å²) in [6.07, 6.45) is 6.49. The highest BCUT2D eigenvalue weighted by Gasteiger charge is 2.27. The van der Waals surface area contributed by atoms with Crippen LogP contribution >= 0.6 is 0 Å². The minimum Gasteiger partial charge on any atom is -0.356 e. The number of imidazole rings is 1. The van der Waals surface area contributed by atoms with Crippen molar-refractivity contribution in [1.82, 2.24) is 19.4 Å². The summed E-state index contributed by atoms with van der Waals surface area (Å²) in [4.78, 5) is 15.6. The van der Waals surface area contributed by atoms with E-state index < -0.39 is 0 Å². The number of hydrogen-bond acceptors (Lipinski definition) is 4. The van der Waals surface area contributed by atoms with Crippen LogP contribution in [0.4, 0.5) is 10.2 Å². The third kappa shape index (κ3) is 2.83. The maximum absolute atomic E-state index is 13.3. The van der Waals surface area contributed by atoms with Crippen LogP contribution in [0.2, 0.25) is 0 Å². The molecule has 0 aliphatic carbocycles. The fraction of sp³-hybridized carbons (Fsp3) is 0.190. The fourth-order valence-electron chi connectivity index (χ4n) is 3.84. The van der Waals surface area contributed by atoms with Crippen LogP contribution < -0.4 is 4.90 Å². The maximum atomic E-state index is 13.3. The monoisotopic (exact) mass is 359 g/mol. The molecule has 0 saturated carbocycles. The quantitative estimate of drug-likeness (QED) is 0.556. The van der Waals surface area contributed by atoms with Gasteiger partial charge in [-0.3, -0.25) is 4.40 Å². The molecular weight excluding hydrogens is 341 g/mol. The van der Waals surface area contributed by atoms with Gasteiger partial charge in [-0.2, -0.15) is 0 Å². The average Bonchev–Trinajstić information content (AvgIpc) is 3.37. The molecule has 6 heteroatoms. The first kappa shape index (κ1) is 15.9. The van der Waals surface area contributed by atoms with E-state index in [-0.39, 0.29) is 5.82 Å². The second-order valence-electron chi connectivity index (χ2n) is 6.77. The maximum Gasteiger partial charge on any atom is 0.234 e. The normalized spacial score (nSPS) is 16.9. The first-order valence-electron chi connectivity index (χ1n) is 9.04. The predicted molar refractivity (Wildman–Crippen MR) is 102 cm³/mol. The molecule has 134 valence electrons. The highest BCUT2D eigenvalue weighted by molar-refractivity contribution is 5.63. The van der Waals surface area contributed by atoms with E-state index in [9.17, 15) is 4.39 Å². The molecule has 1 aromatic carbocycles. The van der Waals surface area contributed by atoms with Crippen LogP contribution in [0.1, 0.15) is 18.0 Å². The molecule has 1 aliphatic heterocycles. The van der Waals surface area contributed by atoms with Gasteiger partial charge in [0.2, 0.25) is 5.78 Å². The van der Waals surface area contributed by atoms with Gasteiger partial charge in [0.15, 0.2) is 0 Å². The molecule has 27 heavy (non-hydrogen) atoms. The Morgan fingerprint density at radius 1 is 0.926 bits per heavy atom. The molecule has 5 nitrogen and oxygen atoms in total. The largest absolute Gasteiger partial charge is 0.356 e. The molecule has 4 aromatic rings. The number of benzene rings is 1. The first-order chi connectivity index (χ1) is 13.3. The Bertz CT molecular complexity index is 1070. The van der Waals surface area contributed by atoms with Gasteiger partial charge in [-0.15, -0.1) is 0 Å². The standard InChI is InChI=1S/C21H18FN5/c22-17-6-4-15(5-7-17)19-13-25-21-24-11-8-18(27(19)21)16-9-12-26(14-16)20-3-1-2-10-23-20/h1-8,10-11,13,16H,9,12,14H2/t16-/m1/s1. The van der Waals surface area contributed by atoms with E-state index in [1.54, 1.807) is 12.1 Å². The van der Waals surface area contributed by atoms with Crippen LogP contribution in [0.15, 0.2) is 67.1 Å². The summed E-state index contributed by atoms with van der Waals surface area (Å²) in [7, 11) is 0. The zero-order valence-electron chi connectivity index (χ0n) is 14.7. The molecule has 1 saturated heterocycles. The Morgan fingerprint density at radius 3 is 2.63 bits per heavy atom. The third-order valence-electron chi connectivity index (χ3n) is 5.16. The molecule has 0 N–H and O–H groups in total. The second kappa shape index (κ2) is 6.46. The first-order valence-corrected chi connectivity index (χ1v) is 9.04. The van der Waals surface area contributed by atoms with Crippen LogP contribution in [-0.2, 0) is 0 Å². The summed E-state index contributed by atoms with van der Waals surface area (Å²) >= 11 is 0. The van der Waals surface area contributed by atoms with E-state index in [0.717, 1.165) is 36.6 Å². The summed E-state index contributed by atoms with van der Waals surface area (Å²) < 4.78 is 15.4. The minimum atomic E-state index is -0.243. The molecule has 4 heterocycles. The molecule has 0 radical (unpaired) electrons. The number of pyridine rings is 1. The summed E-state index contributed by atoms with van der Waals surface area (Å²) in [5, 5.41) is 0. The molecule has 0 amide bonds. The van der Waals surface area contributed by atoms with Crippen LogP contribution in [-0.4, -0.2) is 32.4 Å². The average molecular weight is 359 g/mol. The number of anilines is 1. The molecule has 0 unspecified atom stereocenters. The Morgan fingerprint density at radius 2 is 1.81 bits per heavy atom. The number of fused-ring (bicyclic) bond motifs is 1. The van der Waals surface area contributed by atoms with Gasteiger partial charge in [-0.1, -0.05) is 6.07 Å². The zero-order chi connectivity index (χ0) is 18.2. The lowest BCUT2D eigenvalue weighted by Gasteiger charge is -2.18. The molecule has 0 spiro atoms.